The summed E-state index contributed by atoms with van der Waals surface area (Å²) in [4.78, 5) is 32.9. The van der Waals surface area contributed by atoms with Crippen molar-refractivity contribution in [3.05, 3.63) is 81.9 Å². The standard InChI is InChI=1S/C32H37N5O4/c1-21(22-7-5-4-6-8-22)17-26(38)36-15-13-32(41,14-16-36)19-37-20-33-27-28(30(37)39)34-35(3)29(27)24-9-10-25-23(18-24)11-12-31(25,2)40/h4-10,18,20-21,40-41H,11-17,19H2,1-3H3. The van der Waals surface area contributed by atoms with Crippen molar-refractivity contribution in [3.8, 4) is 11.3 Å². The fourth-order valence-corrected chi connectivity index (χ4v) is 6.46. The van der Waals surface area contributed by atoms with Gasteiger partial charge in [-0.25, -0.2) is 4.98 Å². The molecule has 1 fully saturated rings. The number of amides is 1. The molecule has 41 heavy (non-hydrogen) atoms. The number of aromatic nitrogens is 4. The Hall–Kier alpha value is -3.82. The Morgan fingerprint density at radius 3 is 2.51 bits per heavy atom. The van der Waals surface area contributed by atoms with Crippen LogP contribution in [-0.2, 0) is 30.4 Å². The number of aryl methyl sites for hydroxylation is 2. The molecule has 214 valence electrons. The third-order valence-corrected chi connectivity index (χ3v) is 9.01. The first-order chi connectivity index (χ1) is 19.5. The number of aliphatic hydroxyl groups is 2. The summed E-state index contributed by atoms with van der Waals surface area (Å²) in [6.07, 6.45) is 4.16. The van der Waals surface area contributed by atoms with Crippen LogP contribution in [0.3, 0.4) is 0 Å². The molecule has 9 nitrogen and oxygen atoms in total. The Labute approximate surface area is 239 Å². The summed E-state index contributed by atoms with van der Waals surface area (Å²) in [6, 6.07) is 16.0. The molecule has 1 aliphatic carbocycles. The van der Waals surface area contributed by atoms with Gasteiger partial charge in [0.25, 0.3) is 5.56 Å². The van der Waals surface area contributed by atoms with E-state index in [9.17, 15) is 19.8 Å². The lowest BCUT2D eigenvalue weighted by molar-refractivity contribution is -0.136. The van der Waals surface area contributed by atoms with Gasteiger partial charge in [-0.1, -0.05) is 49.4 Å². The van der Waals surface area contributed by atoms with Gasteiger partial charge in [-0.3, -0.25) is 18.8 Å². The predicted molar refractivity (Wildman–Crippen MR) is 156 cm³/mol. The van der Waals surface area contributed by atoms with Gasteiger partial charge >= 0.3 is 0 Å². The normalized spacial score (nSPS) is 20.8. The topological polar surface area (TPSA) is 113 Å². The lowest BCUT2D eigenvalue weighted by Gasteiger charge is -2.38. The quantitative estimate of drug-likeness (QED) is 0.377. The molecule has 2 unspecified atom stereocenters. The van der Waals surface area contributed by atoms with Crippen LogP contribution >= 0.6 is 0 Å². The summed E-state index contributed by atoms with van der Waals surface area (Å²) in [6.45, 7) is 4.88. The second-order valence-corrected chi connectivity index (χ2v) is 12.1. The Bertz CT molecular complexity index is 1660. The fourth-order valence-electron chi connectivity index (χ4n) is 6.46. The molecule has 0 radical (unpaired) electrons. The number of hydrogen-bond acceptors (Lipinski definition) is 6. The van der Waals surface area contributed by atoms with Gasteiger partial charge in [0.05, 0.1) is 29.8 Å². The molecule has 2 atom stereocenters. The molecule has 1 saturated heterocycles. The monoisotopic (exact) mass is 555 g/mol. The zero-order chi connectivity index (χ0) is 28.9. The van der Waals surface area contributed by atoms with Crippen LogP contribution in [0.15, 0.2) is 59.7 Å². The molecule has 2 aliphatic rings. The third-order valence-electron chi connectivity index (χ3n) is 9.01. The van der Waals surface area contributed by atoms with Crippen molar-refractivity contribution in [1.29, 1.82) is 0 Å². The molecular weight excluding hydrogens is 518 g/mol. The van der Waals surface area contributed by atoms with Gasteiger partial charge in [-0.2, -0.15) is 5.10 Å². The third kappa shape index (κ3) is 5.08. The van der Waals surface area contributed by atoms with Gasteiger partial charge in [-0.15, -0.1) is 0 Å². The lowest BCUT2D eigenvalue weighted by Crippen LogP contribution is -2.49. The summed E-state index contributed by atoms with van der Waals surface area (Å²) in [5, 5.41) is 26.5. The number of carbonyl (C=O) groups is 1. The predicted octanol–water partition coefficient (Wildman–Crippen LogP) is 3.50. The molecule has 9 heteroatoms. The van der Waals surface area contributed by atoms with E-state index in [1.165, 1.54) is 10.9 Å². The maximum atomic E-state index is 13.5. The van der Waals surface area contributed by atoms with Crippen LogP contribution in [0.5, 0.6) is 0 Å². The molecule has 2 N–H and O–H groups in total. The highest BCUT2D eigenvalue weighted by Gasteiger charge is 2.36. The first-order valence-corrected chi connectivity index (χ1v) is 14.4. The van der Waals surface area contributed by atoms with Gasteiger partial charge in [0.15, 0.2) is 5.52 Å². The largest absolute Gasteiger partial charge is 0.388 e. The Morgan fingerprint density at radius 1 is 1.05 bits per heavy atom. The van der Waals surface area contributed by atoms with Crippen molar-refractivity contribution in [1.82, 2.24) is 24.2 Å². The highest BCUT2D eigenvalue weighted by Crippen LogP contribution is 2.39. The average Bonchev–Trinajstić information content (AvgIpc) is 3.46. The van der Waals surface area contributed by atoms with Crippen LogP contribution in [0, 0.1) is 0 Å². The van der Waals surface area contributed by atoms with E-state index in [1.54, 1.807) is 11.7 Å². The van der Waals surface area contributed by atoms with E-state index in [1.807, 2.05) is 54.3 Å². The van der Waals surface area contributed by atoms with E-state index < -0.39 is 11.2 Å². The number of benzene rings is 2. The van der Waals surface area contributed by atoms with Crippen LogP contribution in [0.4, 0.5) is 0 Å². The molecule has 0 bridgehead atoms. The van der Waals surface area contributed by atoms with E-state index in [2.05, 4.69) is 23.1 Å². The van der Waals surface area contributed by atoms with Gasteiger partial charge in [0, 0.05) is 32.1 Å². The van der Waals surface area contributed by atoms with Crippen molar-refractivity contribution in [3.63, 3.8) is 0 Å². The summed E-state index contributed by atoms with van der Waals surface area (Å²) >= 11 is 0. The first-order valence-electron chi connectivity index (χ1n) is 14.4. The number of hydrogen-bond donors (Lipinski definition) is 2. The van der Waals surface area contributed by atoms with Crippen molar-refractivity contribution in [2.75, 3.05) is 13.1 Å². The number of carbonyl (C=O) groups excluding carboxylic acids is 1. The molecule has 0 spiro atoms. The zero-order valence-electron chi connectivity index (χ0n) is 23.9. The molecule has 1 aliphatic heterocycles. The molecule has 4 aromatic rings. The van der Waals surface area contributed by atoms with E-state index in [0.717, 1.165) is 34.4 Å². The van der Waals surface area contributed by atoms with Crippen LogP contribution in [0.1, 0.15) is 62.1 Å². The maximum absolute atomic E-state index is 13.5. The molecule has 6 rings (SSSR count). The Balaban J connectivity index is 1.17. The van der Waals surface area contributed by atoms with Crippen LogP contribution in [-0.4, -0.2) is 59.0 Å². The lowest BCUT2D eigenvalue weighted by atomic mass is 9.90. The van der Waals surface area contributed by atoms with E-state index in [0.29, 0.717) is 44.3 Å². The van der Waals surface area contributed by atoms with E-state index >= 15 is 0 Å². The SMILES string of the molecule is CC(CC(=O)N1CCC(O)(Cn2cnc3c(-c4ccc5c(c4)CCC5(C)O)n(C)nc3c2=O)CC1)c1ccccc1. The second kappa shape index (κ2) is 10.2. The number of nitrogens with zero attached hydrogens (tertiary/aromatic N) is 5. The minimum atomic E-state index is -1.12. The average molecular weight is 556 g/mol. The molecule has 2 aromatic heterocycles. The second-order valence-electron chi connectivity index (χ2n) is 12.1. The maximum Gasteiger partial charge on any atom is 0.281 e. The van der Waals surface area contributed by atoms with Crippen molar-refractivity contribution >= 4 is 16.9 Å². The minimum Gasteiger partial charge on any atom is -0.388 e. The summed E-state index contributed by atoms with van der Waals surface area (Å²) < 4.78 is 3.11. The van der Waals surface area contributed by atoms with Crippen molar-refractivity contribution < 1.29 is 15.0 Å². The zero-order valence-corrected chi connectivity index (χ0v) is 23.9. The van der Waals surface area contributed by atoms with Crippen molar-refractivity contribution in [2.24, 2.45) is 7.05 Å². The number of fused-ring (bicyclic) bond motifs is 2. The first kappa shape index (κ1) is 27.4. The number of piperidine rings is 1. The smallest absolute Gasteiger partial charge is 0.281 e. The van der Waals surface area contributed by atoms with Gasteiger partial charge in [0.2, 0.25) is 5.91 Å². The summed E-state index contributed by atoms with van der Waals surface area (Å²) in [5.41, 5.74) is 3.34. The van der Waals surface area contributed by atoms with Gasteiger partial charge in [-0.05, 0) is 61.3 Å². The highest BCUT2D eigenvalue weighted by atomic mass is 16.3. The van der Waals surface area contributed by atoms with Gasteiger partial charge in [0.1, 0.15) is 5.52 Å². The highest BCUT2D eigenvalue weighted by molar-refractivity contribution is 5.89. The van der Waals surface area contributed by atoms with Crippen molar-refractivity contribution in [2.45, 2.75) is 69.6 Å². The van der Waals surface area contributed by atoms with E-state index in [-0.39, 0.29) is 29.4 Å². The van der Waals surface area contributed by atoms with Crippen LogP contribution < -0.4 is 5.56 Å². The number of rotatable bonds is 6. The fraction of sp³-hybridized carbons (Fsp3) is 0.438. The van der Waals surface area contributed by atoms with Crippen LogP contribution in [0.25, 0.3) is 22.3 Å². The molecule has 1 amide bonds. The summed E-state index contributed by atoms with van der Waals surface area (Å²) in [5.74, 6) is 0.204. The Morgan fingerprint density at radius 2 is 1.78 bits per heavy atom. The van der Waals surface area contributed by atoms with Crippen LogP contribution in [0.2, 0.25) is 0 Å². The Kier molecular flexibility index (Phi) is 6.82. The number of likely N-dealkylation sites (tertiary alicyclic amines) is 1. The van der Waals surface area contributed by atoms with E-state index in [4.69, 9.17) is 0 Å². The molecule has 3 heterocycles. The molecule has 2 aromatic carbocycles. The van der Waals surface area contributed by atoms with Gasteiger partial charge < -0.3 is 15.1 Å². The molecular formula is C32H37N5O4. The summed E-state index contributed by atoms with van der Waals surface area (Å²) in [7, 11) is 1.79. The molecule has 0 saturated carbocycles. The minimum absolute atomic E-state index is 0.0832.